The van der Waals surface area contributed by atoms with Crippen molar-refractivity contribution in [2.45, 2.75) is 20.3 Å². The maximum absolute atomic E-state index is 14.2. The van der Waals surface area contributed by atoms with E-state index in [0.717, 1.165) is 29.4 Å². The van der Waals surface area contributed by atoms with Gasteiger partial charge in [0, 0.05) is 5.69 Å². The molecular weight excluding hydrogens is 632 g/mol. The van der Waals surface area contributed by atoms with Crippen LogP contribution in [0.3, 0.4) is 0 Å². The van der Waals surface area contributed by atoms with Crippen LogP contribution in [0.25, 0.3) is 0 Å². The van der Waals surface area contributed by atoms with Crippen LogP contribution in [0.1, 0.15) is 20.3 Å². The maximum atomic E-state index is 14.2. The molecule has 0 aliphatic heterocycles. The van der Waals surface area contributed by atoms with Gasteiger partial charge in [-0.3, -0.25) is 0 Å². The van der Waals surface area contributed by atoms with E-state index in [2.05, 4.69) is 101 Å². The van der Waals surface area contributed by atoms with Crippen molar-refractivity contribution in [3.05, 3.63) is 152 Å². The molecule has 5 aromatic carbocycles. The van der Waals surface area contributed by atoms with Gasteiger partial charge in [-0.05, 0) is 80.8 Å². The Morgan fingerprint density at radius 3 is 1.62 bits per heavy atom. The van der Waals surface area contributed by atoms with E-state index in [1.807, 2.05) is 61.5 Å². The fourth-order valence-electron chi connectivity index (χ4n) is 5.88. The van der Waals surface area contributed by atoms with Gasteiger partial charge in [-0.2, -0.15) is 5.10 Å². The van der Waals surface area contributed by atoms with Crippen molar-refractivity contribution in [1.29, 1.82) is 0 Å². The minimum Gasteiger partial charge on any atom is -0.462 e. The zero-order chi connectivity index (χ0) is 33.6. The molecule has 5 rings (SSSR count). The Labute approximate surface area is 285 Å². The number of para-hydroxylation sites is 1. The van der Waals surface area contributed by atoms with Gasteiger partial charge in [-0.1, -0.05) is 140 Å². The number of nitrogens with one attached hydrogen (secondary N) is 2. The van der Waals surface area contributed by atoms with E-state index in [1.165, 1.54) is 10.6 Å². The first-order valence-electron chi connectivity index (χ1n) is 16.1. The standard InChI is InChI=1S/C40H41N3O3P2/c1-3-46-39(44)38(32(2)42-43-40(45)41-33-20-9-4-10-21-33)48(36-26-15-7-16-27-36,37-28-17-8-18-29-37)31-19-30-47(34-22-11-5-12-23-34)35-24-13-6-14-25-35/h4-18,20-29H,3,19,30-31H2,1-2H3,(H2,41,43,45)/b42-32-. The number of esters is 1. The summed E-state index contributed by atoms with van der Waals surface area (Å²) in [6.07, 6.45) is 2.51. The smallest absolute Gasteiger partial charge is 0.340 e. The highest BCUT2D eigenvalue weighted by Crippen LogP contribution is 2.49. The summed E-state index contributed by atoms with van der Waals surface area (Å²) in [6, 6.07) is 50.6. The predicted octanol–water partition coefficient (Wildman–Crippen LogP) is 7.11. The molecule has 0 aromatic heterocycles. The lowest BCUT2D eigenvalue weighted by Crippen LogP contribution is -2.36. The Kier molecular flexibility index (Phi) is 12.5. The van der Waals surface area contributed by atoms with E-state index < -0.39 is 26.8 Å². The van der Waals surface area contributed by atoms with Crippen molar-refractivity contribution in [2.24, 2.45) is 5.10 Å². The minimum absolute atomic E-state index is 0.217. The zero-order valence-corrected chi connectivity index (χ0v) is 29.1. The molecule has 0 unspecified atom stereocenters. The Bertz CT molecular complexity index is 1770. The van der Waals surface area contributed by atoms with Crippen LogP contribution in [0.15, 0.2) is 157 Å². The average molecular weight is 674 g/mol. The lowest BCUT2D eigenvalue weighted by Gasteiger charge is -2.32. The van der Waals surface area contributed by atoms with Crippen LogP contribution in [0.5, 0.6) is 0 Å². The summed E-state index contributed by atoms with van der Waals surface area (Å²) in [5.74, 6) is -0.418. The number of amides is 2. The molecule has 5 aromatic rings. The number of benzene rings is 5. The normalized spacial score (nSPS) is 11.5. The van der Waals surface area contributed by atoms with Gasteiger partial charge in [-0.25, -0.2) is 15.0 Å². The number of urea groups is 1. The second-order valence-corrected chi connectivity index (χ2v) is 17.0. The van der Waals surface area contributed by atoms with Crippen LogP contribution in [0.2, 0.25) is 0 Å². The van der Waals surface area contributed by atoms with E-state index in [9.17, 15) is 9.59 Å². The van der Waals surface area contributed by atoms with Gasteiger partial charge < -0.3 is 10.1 Å². The number of carbonyl (C=O) groups is 2. The summed E-state index contributed by atoms with van der Waals surface area (Å²) in [5, 5.41) is 12.6. The summed E-state index contributed by atoms with van der Waals surface area (Å²) in [7, 11) is -0.641. The van der Waals surface area contributed by atoms with E-state index in [-0.39, 0.29) is 6.61 Å². The molecule has 0 heterocycles. The third-order valence-corrected chi connectivity index (χ3v) is 15.2. The van der Waals surface area contributed by atoms with E-state index in [0.29, 0.717) is 16.7 Å². The van der Waals surface area contributed by atoms with Crippen molar-refractivity contribution >= 4 is 64.7 Å². The van der Waals surface area contributed by atoms with Crippen molar-refractivity contribution < 1.29 is 14.3 Å². The van der Waals surface area contributed by atoms with Crippen molar-refractivity contribution in [3.8, 4) is 0 Å². The van der Waals surface area contributed by atoms with E-state index in [1.54, 1.807) is 19.1 Å². The van der Waals surface area contributed by atoms with Gasteiger partial charge in [-0.15, -0.1) is 0 Å². The molecule has 8 heteroatoms. The van der Waals surface area contributed by atoms with E-state index >= 15 is 0 Å². The number of nitrogens with zero attached hydrogens (tertiary/aromatic N) is 1. The highest BCUT2D eigenvalue weighted by atomic mass is 31.2. The van der Waals surface area contributed by atoms with E-state index in [4.69, 9.17) is 4.74 Å². The molecule has 48 heavy (non-hydrogen) atoms. The molecule has 0 fully saturated rings. The van der Waals surface area contributed by atoms with Gasteiger partial charge in [0.15, 0.2) is 0 Å². The van der Waals surface area contributed by atoms with Crippen LogP contribution < -0.4 is 32.0 Å². The summed E-state index contributed by atoms with van der Waals surface area (Å²) in [4.78, 5) is 27.1. The van der Waals surface area contributed by atoms with Gasteiger partial charge in [0.05, 0.1) is 17.6 Å². The Morgan fingerprint density at radius 2 is 1.15 bits per heavy atom. The van der Waals surface area contributed by atoms with Crippen LogP contribution >= 0.6 is 14.8 Å². The molecule has 0 atom stereocenters. The van der Waals surface area contributed by atoms with Crippen molar-refractivity contribution in [2.75, 3.05) is 24.2 Å². The number of hydrazone groups is 1. The number of rotatable bonds is 13. The lowest BCUT2D eigenvalue weighted by atomic mass is 10.3. The Morgan fingerprint density at radius 1 is 0.688 bits per heavy atom. The van der Waals surface area contributed by atoms with Gasteiger partial charge in [0.25, 0.3) is 0 Å². The Hall–Kier alpha value is -4.76. The summed E-state index contributed by atoms with van der Waals surface area (Å²) in [5.41, 5.74) is 3.69. The molecule has 0 spiro atoms. The summed E-state index contributed by atoms with van der Waals surface area (Å²) < 4.78 is 5.79. The minimum atomic E-state index is -2.67. The molecule has 2 N–H and O–H groups in total. The first-order valence-corrected chi connectivity index (χ1v) is 19.6. The third kappa shape index (κ3) is 8.58. The van der Waals surface area contributed by atoms with Gasteiger partial charge in [0.1, 0.15) is 0 Å². The molecule has 0 radical (unpaired) electrons. The maximum Gasteiger partial charge on any atom is 0.340 e. The number of carbonyl (C=O) groups excluding carboxylic acids is 2. The van der Waals surface area contributed by atoms with Crippen LogP contribution in [-0.2, 0) is 9.53 Å². The van der Waals surface area contributed by atoms with Gasteiger partial charge in [0.2, 0.25) is 0 Å². The monoisotopic (exact) mass is 673 g/mol. The highest BCUT2D eigenvalue weighted by molar-refractivity contribution is 7.92. The quantitative estimate of drug-likeness (QED) is 0.0606. The molecule has 6 nitrogen and oxygen atoms in total. The topological polar surface area (TPSA) is 79.8 Å². The molecule has 244 valence electrons. The second kappa shape index (κ2) is 17.4. The number of anilines is 1. The number of ether oxygens (including phenoxy) is 1. The van der Waals surface area contributed by atoms with Crippen molar-refractivity contribution in [1.82, 2.24) is 5.43 Å². The van der Waals surface area contributed by atoms with Crippen molar-refractivity contribution in [3.63, 3.8) is 0 Å². The third-order valence-electron chi connectivity index (χ3n) is 7.95. The average Bonchev–Trinajstić information content (AvgIpc) is 3.14. The summed E-state index contributed by atoms with van der Waals surface area (Å²) >= 11 is 0. The van der Waals surface area contributed by atoms with Crippen LogP contribution in [-0.4, -0.2) is 41.9 Å². The lowest BCUT2D eigenvalue weighted by molar-refractivity contribution is -0.134. The molecular formula is C40H41N3O3P2. The molecule has 0 aliphatic carbocycles. The largest absolute Gasteiger partial charge is 0.462 e. The summed E-state index contributed by atoms with van der Waals surface area (Å²) in [6.45, 7) is 1.15. The molecule has 2 amide bonds. The number of hydrogen-bond acceptors (Lipinski definition) is 4. The second-order valence-electron chi connectivity index (χ2n) is 11.1. The molecule has 0 bridgehead atoms. The zero-order valence-electron chi connectivity index (χ0n) is 27.3. The number of hydrogen-bond donors (Lipinski definition) is 2. The molecule has 0 aliphatic rings. The van der Waals surface area contributed by atoms with Crippen LogP contribution in [0.4, 0.5) is 10.5 Å². The first kappa shape index (κ1) is 34.6. The van der Waals surface area contributed by atoms with Crippen LogP contribution in [0, 0.1) is 0 Å². The SMILES string of the molecule is CCOC(=O)C(/C(C)=N\NC(=O)Nc1ccccc1)=P(CCCP(c1ccccc1)c1ccccc1)(c1ccccc1)c1ccccc1. The molecule has 0 saturated carbocycles. The van der Waals surface area contributed by atoms with Gasteiger partial charge >= 0.3 is 12.0 Å². The highest BCUT2D eigenvalue weighted by Gasteiger charge is 2.34. The Balaban J connectivity index is 1.63. The fourth-order valence-corrected chi connectivity index (χ4v) is 13.0. The molecule has 0 saturated heterocycles. The predicted molar refractivity (Wildman–Crippen MR) is 206 cm³/mol. The first-order chi connectivity index (χ1) is 23.5. The fraction of sp³-hybridized carbons (Fsp3) is 0.150.